The summed E-state index contributed by atoms with van der Waals surface area (Å²) in [6.45, 7) is 10.8. The predicted molar refractivity (Wildman–Crippen MR) is 61.3 cm³/mol. The van der Waals surface area contributed by atoms with Crippen molar-refractivity contribution < 1.29 is 0 Å². The fraction of sp³-hybridized carbons (Fsp3) is 0.833. The van der Waals surface area contributed by atoms with E-state index in [1.54, 1.807) is 0 Å². The van der Waals surface area contributed by atoms with Crippen molar-refractivity contribution in [2.24, 2.45) is 11.8 Å². The van der Waals surface area contributed by atoms with Gasteiger partial charge in [0.05, 0.1) is 7.85 Å². The van der Waals surface area contributed by atoms with Crippen molar-refractivity contribution in [3.8, 4) is 0 Å². The van der Waals surface area contributed by atoms with Crippen molar-refractivity contribution in [2.75, 3.05) is 13.1 Å². The molecule has 2 fully saturated rings. The zero-order valence-corrected chi connectivity index (χ0v) is 9.42. The first-order valence-electron chi connectivity index (χ1n) is 5.75. The molecule has 2 heteroatoms. The second-order valence-corrected chi connectivity index (χ2v) is 5.35. The molecule has 1 saturated heterocycles. The van der Waals surface area contributed by atoms with E-state index in [4.69, 9.17) is 7.85 Å². The molecule has 1 aliphatic carbocycles. The second kappa shape index (κ2) is 3.32. The summed E-state index contributed by atoms with van der Waals surface area (Å²) >= 11 is 0. The average Bonchev–Trinajstić information content (AvgIpc) is 2.57. The number of nitrogens with zero attached hydrogens (tertiary/aromatic N) is 1. The maximum absolute atomic E-state index is 6.41. The van der Waals surface area contributed by atoms with E-state index < -0.39 is 0 Å². The fourth-order valence-electron chi connectivity index (χ4n) is 2.92. The van der Waals surface area contributed by atoms with Gasteiger partial charge in [0.1, 0.15) is 0 Å². The number of hydrogen-bond donors (Lipinski definition) is 0. The molecule has 0 bridgehead atoms. The topological polar surface area (TPSA) is 3.24 Å². The van der Waals surface area contributed by atoms with Gasteiger partial charge >= 0.3 is 0 Å². The molecule has 0 aromatic carbocycles. The van der Waals surface area contributed by atoms with Gasteiger partial charge in [0.2, 0.25) is 0 Å². The quantitative estimate of drug-likeness (QED) is 0.603. The summed E-state index contributed by atoms with van der Waals surface area (Å²) in [5.41, 5.74) is 1.27. The third-order valence-electron chi connectivity index (χ3n) is 4.01. The molecule has 2 atom stereocenters. The van der Waals surface area contributed by atoms with Crippen LogP contribution in [0.4, 0.5) is 0 Å². The molecule has 0 unspecified atom stereocenters. The molecule has 0 aromatic heterocycles. The van der Waals surface area contributed by atoms with Gasteiger partial charge in [0.25, 0.3) is 0 Å². The maximum Gasteiger partial charge on any atom is 0.0775 e. The molecule has 2 aliphatic rings. The number of hydrogen-bond acceptors (Lipinski definition) is 1. The summed E-state index contributed by atoms with van der Waals surface area (Å²) in [5, 5.41) is 0.109. The number of fused-ring (bicyclic) bond motifs is 1. The van der Waals surface area contributed by atoms with Crippen LogP contribution in [0, 0.1) is 11.8 Å². The van der Waals surface area contributed by atoms with Gasteiger partial charge in [0, 0.05) is 18.8 Å². The van der Waals surface area contributed by atoms with Crippen molar-refractivity contribution in [1.29, 1.82) is 0 Å². The minimum absolute atomic E-state index is 0.109. The maximum atomic E-state index is 6.41. The highest BCUT2D eigenvalue weighted by Crippen LogP contribution is 2.52. The molecular formula is C12H20BN. The molecule has 0 N–H and O–H groups in total. The van der Waals surface area contributed by atoms with Crippen molar-refractivity contribution >= 4 is 7.85 Å². The van der Waals surface area contributed by atoms with Gasteiger partial charge in [-0.05, 0) is 23.6 Å². The van der Waals surface area contributed by atoms with Crippen LogP contribution in [0.1, 0.15) is 33.1 Å². The Morgan fingerprint density at radius 2 is 2.29 bits per heavy atom. The van der Waals surface area contributed by atoms with E-state index in [2.05, 4.69) is 25.3 Å². The van der Waals surface area contributed by atoms with Crippen LogP contribution in [0.3, 0.4) is 0 Å². The zero-order chi connectivity index (χ0) is 10.3. The molecule has 14 heavy (non-hydrogen) atoms. The molecule has 0 aromatic rings. The summed E-state index contributed by atoms with van der Waals surface area (Å²) < 4.78 is 0. The molecular weight excluding hydrogens is 169 g/mol. The Balaban J connectivity index is 2.05. The Morgan fingerprint density at radius 1 is 1.57 bits per heavy atom. The Kier molecular flexibility index (Phi) is 2.40. The third kappa shape index (κ3) is 1.49. The van der Waals surface area contributed by atoms with Crippen LogP contribution in [0.15, 0.2) is 12.3 Å². The van der Waals surface area contributed by atoms with Crippen LogP contribution >= 0.6 is 0 Å². The van der Waals surface area contributed by atoms with E-state index >= 15 is 0 Å². The average molecular weight is 189 g/mol. The first kappa shape index (κ1) is 10.1. The lowest BCUT2D eigenvalue weighted by Gasteiger charge is -2.27. The molecule has 1 saturated carbocycles. The highest BCUT2D eigenvalue weighted by molar-refractivity contribution is 6.16. The Morgan fingerprint density at radius 3 is 2.86 bits per heavy atom. The smallest absolute Gasteiger partial charge is 0.0775 e. The molecule has 1 aliphatic heterocycles. The minimum atomic E-state index is 0.109. The summed E-state index contributed by atoms with van der Waals surface area (Å²) in [6.07, 6.45) is 3.85. The zero-order valence-electron chi connectivity index (χ0n) is 9.42. The number of likely N-dealkylation sites (tertiary alicyclic amines) is 1. The molecule has 0 spiro atoms. The molecule has 1 heterocycles. The van der Waals surface area contributed by atoms with Crippen LogP contribution in [-0.4, -0.2) is 25.8 Å². The highest BCUT2D eigenvalue weighted by atomic mass is 15.2. The lowest BCUT2D eigenvalue weighted by Crippen LogP contribution is -2.24. The Bertz CT molecular complexity index is 249. The highest BCUT2D eigenvalue weighted by Gasteiger charge is 2.45. The summed E-state index contributed by atoms with van der Waals surface area (Å²) in [5.74, 6) is 1.27. The number of allylic oxidation sites excluding steroid dienone is 1. The van der Waals surface area contributed by atoms with E-state index in [1.165, 1.54) is 25.0 Å². The first-order valence-corrected chi connectivity index (χ1v) is 5.75. The summed E-state index contributed by atoms with van der Waals surface area (Å²) in [7, 11) is 6.41. The molecule has 2 radical (unpaired) electrons. The first-order chi connectivity index (χ1) is 6.53. The van der Waals surface area contributed by atoms with Gasteiger partial charge in [-0.2, -0.15) is 0 Å². The van der Waals surface area contributed by atoms with E-state index in [0.717, 1.165) is 19.0 Å². The fourth-order valence-corrected chi connectivity index (χ4v) is 2.92. The monoisotopic (exact) mass is 189 g/mol. The van der Waals surface area contributed by atoms with Crippen LogP contribution in [0.2, 0.25) is 5.31 Å². The van der Waals surface area contributed by atoms with E-state index in [9.17, 15) is 0 Å². The normalized spacial score (nSPS) is 36.5. The molecule has 2 rings (SSSR count). The lowest BCUT2D eigenvalue weighted by atomic mass is 9.64. The van der Waals surface area contributed by atoms with Crippen LogP contribution in [0.25, 0.3) is 0 Å². The van der Waals surface area contributed by atoms with E-state index in [1.807, 2.05) is 0 Å². The van der Waals surface area contributed by atoms with Gasteiger partial charge < -0.3 is 4.90 Å². The summed E-state index contributed by atoms with van der Waals surface area (Å²) in [4.78, 5) is 2.41. The lowest BCUT2D eigenvalue weighted by molar-refractivity contribution is 0.353. The van der Waals surface area contributed by atoms with E-state index in [0.29, 0.717) is 5.92 Å². The standard InChI is InChI=1S/C12H20BN/c1-9(2)10(3)14-7-11-5-4-6-12(11,13)8-14/h9,11H,3-8H2,1-2H3/t11-,12-/m1/s1. The minimum Gasteiger partial charge on any atom is -0.375 e. The van der Waals surface area contributed by atoms with Gasteiger partial charge in [-0.15, -0.1) is 0 Å². The molecule has 76 valence electrons. The van der Waals surface area contributed by atoms with Crippen molar-refractivity contribution in [3.05, 3.63) is 12.3 Å². The van der Waals surface area contributed by atoms with Crippen molar-refractivity contribution in [3.63, 3.8) is 0 Å². The van der Waals surface area contributed by atoms with Crippen molar-refractivity contribution in [2.45, 2.75) is 38.4 Å². The molecule has 1 nitrogen and oxygen atoms in total. The summed E-state index contributed by atoms with van der Waals surface area (Å²) in [6, 6.07) is 0. The van der Waals surface area contributed by atoms with Gasteiger partial charge in [-0.25, -0.2) is 0 Å². The van der Waals surface area contributed by atoms with Crippen LogP contribution in [-0.2, 0) is 0 Å². The van der Waals surface area contributed by atoms with Gasteiger partial charge in [0.15, 0.2) is 0 Å². The van der Waals surface area contributed by atoms with Crippen molar-refractivity contribution in [1.82, 2.24) is 4.90 Å². The van der Waals surface area contributed by atoms with Gasteiger partial charge in [-0.1, -0.05) is 33.3 Å². The number of rotatable bonds is 2. The molecule has 0 amide bonds. The third-order valence-corrected chi connectivity index (χ3v) is 4.01. The van der Waals surface area contributed by atoms with Crippen LogP contribution < -0.4 is 0 Å². The predicted octanol–water partition coefficient (Wildman–Crippen LogP) is 2.60. The van der Waals surface area contributed by atoms with Crippen LogP contribution in [0.5, 0.6) is 0 Å². The second-order valence-electron chi connectivity index (χ2n) is 5.35. The van der Waals surface area contributed by atoms with E-state index in [-0.39, 0.29) is 5.31 Å². The van der Waals surface area contributed by atoms with Gasteiger partial charge in [-0.3, -0.25) is 0 Å². The largest absolute Gasteiger partial charge is 0.375 e. The SMILES string of the molecule is [B][C@@]12CCC[C@@H]1CN(C(=C)C(C)C)C2. The Labute approximate surface area is 89.0 Å². The Hall–Kier alpha value is -0.395.